The maximum absolute atomic E-state index is 13.1. The Morgan fingerprint density at radius 2 is 2.06 bits per heavy atom. The minimum Gasteiger partial charge on any atom is -0.396 e. The summed E-state index contributed by atoms with van der Waals surface area (Å²) in [7, 11) is 0. The summed E-state index contributed by atoms with van der Waals surface area (Å²) in [6, 6.07) is 6.73. The zero-order valence-electron chi connectivity index (χ0n) is 9.87. The molecule has 2 heterocycles. The van der Waals surface area contributed by atoms with E-state index in [1.165, 1.54) is 6.07 Å². The average Bonchev–Trinajstić information content (AvgIpc) is 2.74. The monoisotopic (exact) mass is 241 g/mol. The molecule has 18 heavy (non-hydrogen) atoms. The standard InChI is InChI=1S/C14H12FN3/c1-8-6-17-14-11(8)4-10(7-18-14)9-2-3-12(15)13(16)5-9/h2-7H,16H2,1H3,(H,17,18). The average molecular weight is 241 g/mol. The summed E-state index contributed by atoms with van der Waals surface area (Å²) in [6.45, 7) is 2.02. The van der Waals surface area contributed by atoms with Crippen molar-refractivity contribution in [2.75, 3.05) is 5.73 Å². The Morgan fingerprint density at radius 3 is 2.83 bits per heavy atom. The highest BCUT2D eigenvalue weighted by atomic mass is 19.1. The number of aromatic amines is 1. The van der Waals surface area contributed by atoms with Crippen LogP contribution in [0.1, 0.15) is 5.56 Å². The molecule has 3 nitrogen and oxygen atoms in total. The van der Waals surface area contributed by atoms with Crippen molar-refractivity contribution in [1.82, 2.24) is 9.97 Å². The van der Waals surface area contributed by atoms with Gasteiger partial charge in [-0.25, -0.2) is 9.37 Å². The number of hydrogen-bond acceptors (Lipinski definition) is 2. The Kier molecular flexibility index (Phi) is 2.30. The molecule has 3 N–H and O–H groups in total. The quantitative estimate of drug-likeness (QED) is 0.642. The molecule has 3 aromatic rings. The zero-order chi connectivity index (χ0) is 12.7. The van der Waals surface area contributed by atoms with Gasteiger partial charge >= 0.3 is 0 Å². The van der Waals surface area contributed by atoms with Crippen molar-refractivity contribution in [2.45, 2.75) is 6.92 Å². The van der Waals surface area contributed by atoms with Crippen LogP contribution in [0.5, 0.6) is 0 Å². The summed E-state index contributed by atoms with van der Waals surface area (Å²) in [5, 5.41) is 1.07. The molecule has 2 aromatic heterocycles. The van der Waals surface area contributed by atoms with Crippen LogP contribution in [0, 0.1) is 12.7 Å². The first-order chi connectivity index (χ1) is 8.65. The molecular weight excluding hydrogens is 229 g/mol. The van der Waals surface area contributed by atoms with Gasteiger partial charge in [-0.05, 0) is 36.2 Å². The summed E-state index contributed by atoms with van der Waals surface area (Å²) in [5.74, 6) is -0.398. The Hall–Kier alpha value is -2.36. The number of nitrogens with two attached hydrogens (primary N) is 1. The summed E-state index contributed by atoms with van der Waals surface area (Å²) in [5.41, 5.74) is 9.51. The van der Waals surface area contributed by atoms with Crippen molar-refractivity contribution in [3.05, 3.63) is 48.0 Å². The van der Waals surface area contributed by atoms with E-state index in [2.05, 4.69) is 9.97 Å². The highest BCUT2D eigenvalue weighted by molar-refractivity contribution is 5.84. The van der Waals surface area contributed by atoms with Crippen LogP contribution in [-0.2, 0) is 0 Å². The van der Waals surface area contributed by atoms with Crippen LogP contribution in [0.4, 0.5) is 10.1 Å². The molecule has 0 saturated heterocycles. The van der Waals surface area contributed by atoms with Gasteiger partial charge in [0.05, 0.1) is 5.69 Å². The molecule has 0 fully saturated rings. The number of pyridine rings is 1. The number of nitrogen functional groups attached to an aromatic ring is 1. The van der Waals surface area contributed by atoms with Gasteiger partial charge < -0.3 is 10.7 Å². The lowest BCUT2D eigenvalue weighted by atomic mass is 10.1. The van der Waals surface area contributed by atoms with Crippen LogP contribution in [0.2, 0.25) is 0 Å². The number of nitrogens with zero attached hydrogens (tertiary/aromatic N) is 1. The molecule has 0 aliphatic heterocycles. The Balaban J connectivity index is 2.18. The molecule has 0 amide bonds. The first-order valence-electron chi connectivity index (χ1n) is 5.64. The summed E-state index contributed by atoms with van der Waals surface area (Å²) >= 11 is 0. The molecule has 0 radical (unpaired) electrons. The van der Waals surface area contributed by atoms with Gasteiger partial charge in [0.2, 0.25) is 0 Å². The van der Waals surface area contributed by atoms with Crippen LogP contribution in [0.25, 0.3) is 22.2 Å². The van der Waals surface area contributed by atoms with Gasteiger partial charge in [0, 0.05) is 23.3 Å². The molecule has 0 bridgehead atoms. The van der Waals surface area contributed by atoms with Gasteiger partial charge in [0.15, 0.2) is 0 Å². The van der Waals surface area contributed by atoms with Crippen molar-refractivity contribution < 1.29 is 4.39 Å². The van der Waals surface area contributed by atoms with E-state index < -0.39 is 5.82 Å². The van der Waals surface area contributed by atoms with Crippen molar-refractivity contribution in [2.24, 2.45) is 0 Å². The normalized spacial score (nSPS) is 11.0. The number of fused-ring (bicyclic) bond motifs is 1. The highest BCUT2D eigenvalue weighted by Crippen LogP contribution is 2.26. The van der Waals surface area contributed by atoms with Crippen molar-refractivity contribution in [3.63, 3.8) is 0 Å². The fourth-order valence-electron chi connectivity index (χ4n) is 2.02. The van der Waals surface area contributed by atoms with Gasteiger partial charge in [0.1, 0.15) is 11.5 Å². The third kappa shape index (κ3) is 1.62. The fourth-order valence-corrected chi connectivity index (χ4v) is 2.02. The van der Waals surface area contributed by atoms with E-state index in [4.69, 9.17) is 5.73 Å². The van der Waals surface area contributed by atoms with Crippen molar-refractivity contribution in [3.8, 4) is 11.1 Å². The minimum absolute atomic E-state index is 0.151. The lowest BCUT2D eigenvalue weighted by Gasteiger charge is -2.04. The molecule has 0 unspecified atom stereocenters. The molecule has 0 saturated carbocycles. The number of benzene rings is 1. The number of H-pyrrole nitrogens is 1. The molecule has 4 heteroatoms. The van der Waals surface area contributed by atoms with E-state index in [9.17, 15) is 4.39 Å². The maximum atomic E-state index is 13.1. The number of aromatic nitrogens is 2. The maximum Gasteiger partial charge on any atom is 0.146 e. The van der Waals surface area contributed by atoms with Crippen molar-refractivity contribution >= 4 is 16.7 Å². The first kappa shape index (κ1) is 10.8. The topological polar surface area (TPSA) is 54.7 Å². The Labute approximate surface area is 103 Å². The third-order valence-electron chi connectivity index (χ3n) is 3.07. The van der Waals surface area contributed by atoms with Gasteiger partial charge in [-0.2, -0.15) is 0 Å². The smallest absolute Gasteiger partial charge is 0.146 e. The van der Waals surface area contributed by atoms with Crippen LogP contribution in [0.3, 0.4) is 0 Å². The minimum atomic E-state index is -0.398. The Bertz CT molecular complexity index is 731. The highest BCUT2D eigenvalue weighted by Gasteiger charge is 2.06. The summed E-state index contributed by atoms with van der Waals surface area (Å²) in [4.78, 5) is 7.43. The number of rotatable bonds is 1. The molecular formula is C14H12FN3. The molecule has 0 aliphatic rings. The SMILES string of the molecule is Cc1c[nH]c2ncc(-c3ccc(F)c(N)c3)cc12. The summed E-state index contributed by atoms with van der Waals surface area (Å²) < 4.78 is 13.1. The van der Waals surface area contributed by atoms with E-state index >= 15 is 0 Å². The Morgan fingerprint density at radius 1 is 1.22 bits per heavy atom. The van der Waals surface area contributed by atoms with Gasteiger partial charge in [-0.3, -0.25) is 0 Å². The number of nitrogens with one attached hydrogen (secondary N) is 1. The van der Waals surface area contributed by atoms with Crippen LogP contribution in [0.15, 0.2) is 36.7 Å². The number of aryl methyl sites for hydroxylation is 1. The van der Waals surface area contributed by atoms with E-state index in [1.54, 1.807) is 18.3 Å². The molecule has 0 aliphatic carbocycles. The van der Waals surface area contributed by atoms with E-state index in [0.717, 1.165) is 27.7 Å². The second kappa shape index (κ2) is 3.84. The molecule has 1 aromatic carbocycles. The third-order valence-corrected chi connectivity index (χ3v) is 3.07. The largest absolute Gasteiger partial charge is 0.396 e. The van der Waals surface area contributed by atoms with Gasteiger partial charge in [-0.1, -0.05) is 6.07 Å². The van der Waals surface area contributed by atoms with Crippen LogP contribution in [-0.4, -0.2) is 9.97 Å². The van der Waals surface area contributed by atoms with Crippen molar-refractivity contribution in [1.29, 1.82) is 0 Å². The van der Waals surface area contributed by atoms with E-state index in [0.29, 0.717) is 0 Å². The number of halogens is 1. The van der Waals surface area contributed by atoms with Gasteiger partial charge in [0.25, 0.3) is 0 Å². The fraction of sp³-hybridized carbons (Fsp3) is 0.0714. The van der Waals surface area contributed by atoms with Crippen LogP contribution >= 0.6 is 0 Å². The second-order valence-corrected chi connectivity index (χ2v) is 4.33. The zero-order valence-corrected chi connectivity index (χ0v) is 9.87. The van der Waals surface area contributed by atoms with Gasteiger partial charge in [-0.15, -0.1) is 0 Å². The summed E-state index contributed by atoms with van der Waals surface area (Å²) in [6.07, 6.45) is 3.67. The lowest BCUT2D eigenvalue weighted by Crippen LogP contribution is -1.91. The predicted molar refractivity (Wildman–Crippen MR) is 70.6 cm³/mol. The molecule has 90 valence electrons. The predicted octanol–water partition coefficient (Wildman–Crippen LogP) is 3.26. The second-order valence-electron chi connectivity index (χ2n) is 4.33. The van der Waals surface area contributed by atoms with E-state index in [-0.39, 0.29) is 5.69 Å². The lowest BCUT2D eigenvalue weighted by molar-refractivity contribution is 0.632. The molecule has 0 spiro atoms. The number of anilines is 1. The molecule has 3 rings (SSSR count). The first-order valence-corrected chi connectivity index (χ1v) is 5.64. The number of hydrogen-bond donors (Lipinski definition) is 2. The molecule has 0 atom stereocenters. The van der Waals surface area contributed by atoms with E-state index in [1.807, 2.05) is 19.2 Å². The van der Waals surface area contributed by atoms with Crippen LogP contribution < -0.4 is 5.73 Å².